The molecule has 1 saturated carbocycles. The van der Waals surface area contributed by atoms with Crippen molar-refractivity contribution in [2.24, 2.45) is 0 Å². The third-order valence-corrected chi connectivity index (χ3v) is 2.92. The maximum atomic E-state index is 12.1. The Morgan fingerprint density at radius 2 is 2.00 bits per heavy atom. The SMILES string of the molecule is CCN(C(=O)CN(C)CC(O)C(F)(F)F)C1CC1. The molecule has 1 N–H and O–H groups in total. The summed E-state index contributed by atoms with van der Waals surface area (Å²) in [5.41, 5.74) is 0. The number of amides is 1. The van der Waals surface area contributed by atoms with Crippen molar-refractivity contribution >= 4 is 5.91 Å². The molecule has 1 fully saturated rings. The smallest absolute Gasteiger partial charge is 0.382 e. The molecule has 0 aromatic heterocycles. The molecule has 1 unspecified atom stereocenters. The van der Waals surface area contributed by atoms with Crippen LogP contribution in [0.1, 0.15) is 19.8 Å². The first-order chi connectivity index (χ1) is 8.25. The van der Waals surface area contributed by atoms with Gasteiger partial charge in [0.25, 0.3) is 0 Å². The molecule has 1 aliphatic rings. The monoisotopic (exact) mass is 268 g/mol. The van der Waals surface area contributed by atoms with Gasteiger partial charge in [-0.3, -0.25) is 9.69 Å². The summed E-state index contributed by atoms with van der Waals surface area (Å²) in [6.07, 6.45) is -5.12. The summed E-state index contributed by atoms with van der Waals surface area (Å²) in [7, 11) is 1.40. The van der Waals surface area contributed by atoms with E-state index in [2.05, 4.69) is 0 Å². The molecule has 1 rings (SSSR count). The molecule has 0 bridgehead atoms. The molecule has 0 spiro atoms. The van der Waals surface area contributed by atoms with Crippen LogP contribution in [-0.2, 0) is 4.79 Å². The predicted molar refractivity (Wildman–Crippen MR) is 60.0 cm³/mol. The van der Waals surface area contributed by atoms with Crippen molar-refractivity contribution in [2.45, 2.75) is 38.1 Å². The van der Waals surface area contributed by atoms with Crippen LogP contribution in [0.2, 0.25) is 0 Å². The molecule has 0 saturated heterocycles. The van der Waals surface area contributed by atoms with Gasteiger partial charge in [0.15, 0.2) is 6.10 Å². The second-order valence-corrected chi connectivity index (χ2v) is 4.67. The van der Waals surface area contributed by atoms with Crippen LogP contribution < -0.4 is 0 Å². The Morgan fingerprint density at radius 1 is 1.44 bits per heavy atom. The van der Waals surface area contributed by atoms with E-state index >= 15 is 0 Å². The van der Waals surface area contributed by atoms with E-state index in [1.54, 1.807) is 4.90 Å². The second-order valence-electron chi connectivity index (χ2n) is 4.67. The van der Waals surface area contributed by atoms with Gasteiger partial charge in [0.05, 0.1) is 6.54 Å². The number of rotatable bonds is 6. The maximum Gasteiger partial charge on any atom is 0.415 e. The van der Waals surface area contributed by atoms with Gasteiger partial charge in [0.2, 0.25) is 5.91 Å². The zero-order valence-corrected chi connectivity index (χ0v) is 10.6. The third kappa shape index (κ3) is 4.45. The molecule has 106 valence electrons. The number of aliphatic hydroxyl groups is 1. The number of hydrogen-bond donors (Lipinski definition) is 1. The fourth-order valence-corrected chi connectivity index (χ4v) is 1.81. The number of nitrogens with zero attached hydrogens (tertiary/aromatic N) is 2. The summed E-state index contributed by atoms with van der Waals surface area (Å²) in [6, 6.07) is 0.253. The van der Waals surface area contributed by atoms with Crippen molar-refractivity contribution in [3.8, 4) is 0 Å². The molecule has 4 nitrogen and oxygen atoms in total. The normalized spacial score (nSPS) is 17.9. The van der Waals surface area contributed by atoms with Gasteiger partial charge in [-0.25, -0.2) is 0 Å². The van der Waals surface area contributed by atoms with Crippen molar-refractivity contribution in [1.82, 2.24) is 9.80 Å². The van der Waals surface area contributed by atoms with Gasteiger partial charge in [-0.1, -0.05) is 0 Å². The average molecular weight is 268 g/mol. The highest BCUT2D eigenvalue weighted by molar-refractivity contribution is 5.78. The predicted octanol–water partition coefficient (Wildman–Crippen LogP) is 0.852. The second kappa shape index (κ2) is 5.88. The van der Waals surface area contributed by atoms with Crippen LogP contribution in [0.15, 0.2) is 0 Å². The molecule has 1 aliphatic carbocycles. The van der Waals surface area contributed by atoms with Gasteiger partial charge in [-0.15, -0.1) is 0 Å². The number of alkyl halides is 3. The highest BCUT2D eigenvalue weighted by Crippen LogP contribution is 2.26. The van der Waals surface area contributed by atoms with Crippen molar-refractivity contribution in [3.05, 3.63) is 0 Å². The van der Waals surface area contributed by atoms with Crippen LogP contribution in [0, 0.1) is 0 Å². The van der Waals surface area contributed by atoms with E-state index in [0.717, 1.165) is 12.8 Å². The fourth-order valence-electron chi connectivity index (χ4n) is 1.81. The molecule has 7 heteroatoms. The van der Waals surface area contributed by atoms with E-state index in [1.165, 1.54) is 11.9 Å². The zero-order chi connectivity index (χ0) is 13.9. The Bertz CT molecular complexity index is 293. The summed E-state index contributed by atoms with van der Waals surface area (Å²) >= 11 is 0. The summed E-state index contributed by atoms with van der Waals surface area (Å²) in [5, 5.41) is 8.89. The molecular formula is C11H19F3N2O2. The van der Waals surface area contributed by atoms with E-state index < -0.39 is 18.8 Å². The number of hydrogen-bond acceptors (Lipinski definition) is 3. The van der Waals surface area contributed by atoms with Gasteiger partial charge >= 0.3 is 6.18 Å². The Morgan fingerprint density at radius 3 is 2.39 bits per heavy atom. The van der Waals surface area contributed by atoms with Crippen molar-refractivity contribution in [2.75, 3.05) is 26.7 Å². The molecule has 1 atom stereocenters. The molecule has 0 radical (unpaired) electrons. The number of carbonyl (C=O) groups is 1. The Labute approximate surface area is 104 Å². The van der Waals surface area contributed by atoms with E-state index in [1.807, 2.05) is 6.92 Å². The lowest BCUT2D eigenvalue weighted by atomic mass is 10.3. The molecule has 0 aromatic carbocycles. The molecule has 0 aromatic rings. The molecule has 0 aliphatic heterocycles. The first-order valence-corrected chi connectivity index (χ1v) is 5.98. The van der Waals surface area contributed by atoms with Crippen LogP contribution in [0.25, 0.3) is 0 Å². The number of carbonyl (C=O) groups excluding carboxylic acids is 1. The van der Waals surface area contributed by atoms with E-state index in [4.69, 9.17) is 5.11 Å². The van der Waals surface area contributed by atoms with Gasteiger partial charge in [0.1, 0.15) is 0 Å². The molecule has 0 heterocycles. The van der Waals surface area contributed by atoms with E-state index in [9.17, 15) is 18.0 Å². The third-order valence-electron chi connectivity index (χ3n) is 2.92. The van der Waals surface area contributed by atoms with Crippen LogP contribution in [-0.4, -0.2) is 65.8 Å². The highest BCUT2D eigenvalue weighted by Gasteiger charge is 2.39. The van der Waals surface area contributed by atoms with E-state index in [0.29, 0.717) is 6.54 Å². The summed E-state index contributed by atoms with van der Waals surface area (Å²) in [4.78, 5) is 14.7. The topological polar surface area (TPSA) is 43.8 Å². The standard InChI is InChI=1S/C11H19F3N2O2/c1-3-16(8-4-5-8)10(18)7-15(2)6-9(17)11(12,13)14/h8-9,17H,3-7H2,1-2H3. The van der Waals surface area contributed by atoms with Crippen LogP contribution in [0.3, 0.4) is 0 Å². The first kappa shape index (κ1) is 15.2. The number of likely N-dealkylation sites (N-methyl/N-ethyl adjacent to an activating group) is 2. The van der Waals surface area contributed by atoms with E-state index in [-0.39, 0.29) is 18.5 Å². The Hall–Kier alpha value is -0.820. The minimum absolute atomic E-state index is 0.0997. The van der Waals surface area contributed by atoms with Crippen molar-refractivity contribution < 1.29 is 23.1 Å². The van der Waals surface area contributed by atoms with Crippen LogP contribution in [0.4, 0.5) is 13.2 Å². The summed E-state index contributed by atoms with van der Waals surface area (Å²) < 4.78 is 36.4. The number of aliphatic hydroxyl groups excluding tert-OH is 1. The highest BCUT2D eigenvalue weighted by atomic mass is 19.4. The summed E-state index contributed by atoms with van der Waals surface area (Å²) in [6.45, 7) is 1.73. The molecular weight excluding hydrogens is 249 g/mol. The zero-order valence-electron chi connectivity index (χ0n) is 10.6. The minimum atomic E-state index is -4.64. The van der Waals surface area contributed by atoms with Crippen molar-refractivity contribution in [1.29, 1.82) is 0 Å². The Kier molecular flexibility index (Phi) is 4.98. The van der Waals surface area contributed by atoms with Gasteiger partial charge in [-0.2, -0.15) is 13.2 Å². The minimum Gasteiger partial charge on any atom is -0.382 e. The van der Waals surface area contributed by atoms with Crippen molar-refractivity contribution in [3.63, 3.8) is 0 Å². The molecule has 18 heavy (non-hydrogen) atoms. The quantitative estimate of drug-likeness (QED) is 0.777. The first-order valence-electron chi connectivity index (χ1n) is 5.98. The van der Waals surface area contributed by atoms with Gasteiger partial charge in [-0.05, 0) is 26.8 Å². The molecule has 1 amide bonds. The lowest BCUT2D eigenvalue weighted by Gasteiger charge is -2.26. The van der Waals surface area contributed by atoms with Crippen LogP contribution in [0.5, 0.6) is 0 Å². The van der Waals surface area contributed by atoms with Crippen LogP contribution >= 0.6 is 0 Å². The Balaban J connectivity index is 2.39. The lowest BCUT2D eigenvalue weighted by molar-refractivity contribution is -0.207. The largest absolute Gasteiger partial charge is 0.415 e. The average Bonchev–Trinajstić information content (AvgIpc) is 3.01. The van der Waals surface area contributed by atoms with Gasteiger partial charge in [0, 0.05) is 19.1 Å². The summed E-state index contributed by atoms with van der Waals surface area (Å²) in [5.74, 6) is -0.183. The maximum absolute atomic E-state index is 12.1. The fraction of sp³-hybridized carbons (Fsp3) is 0.909. The lowest BCUT2D eigenvalue weighted by Crippen LogP contribution is -2.45. The number of halogens is 3. The van der Waals surface area contributed by atoms with Gasteiger partial charge < -0.3 is 10.0 Å².